The van der Waals surface area contributed by atoms with Crippen LogP contribution in [0.1, 0.15) is 23.2 Å². The molecule has 0 radical (unpaired) electrons. The monoisotopic (exact) mass is 253 g/mol. The molecule has 7 heteroatoms. The van der Waals surface area contributed by atoms with Gasteiger partial charge in [-0.1, -0.05) is 0 Å². The first-order valence-electron chi connectivity index (χ1n) is 4.19. The second-order valence-electron chi connectivity index (χ2n) is 2.99. The number of nitrogens with zero attached hydrogens (tertiary/aromatic N) is 1. The summed E-state index contributed by atoms with van der Waals surface area (Å²) in [5.41, 5.74) is -1.07. The van der Waals surface area contributed by atoms with Crippen LogP contribution in [0.3, 0.4) is 0 Å². The molecule has 0 bridgehead atoms. The number of pyridine rings is 1. The molecule has 16 heavy (non-hydrogen) atoms. The smallest absolute Gasteiger partial charge is 0.307 e. The van der Waals surface area contributed by atoms with Gasteiger partial charge in [-0.25, -0.2) is 13.8 Å². The molecule has 1 aromatic rings. The molecule has 0 atom stereocenters. The highest BCUT2D eigenvalue weighted by Crippen LogP contribution is 2.24. The summed E-state index contributed by atoms with van der Waals surface area (Å²) in [7, 11) is 0. The molecule has 1 heterocycles. The van der Waals surface area contributed by atoms with Crippen LogP contribution >= 0.6 is 11.6 Å². The fraction of sp³-hybridized carbons (Fsp3) is 0.333. The van der Waals surface area contributed by atoms with Crippen LogP contribution in [0, 0.1) is 5.95 Å². The lowest BCUT2D eigenvalue weighted by Gasteiger charge is -2.08. The number of aliphatic carboxylic acids is 1. The lowest BCUT2D eigenvalue weighted by atomic mass is 10.1. The molecular formula is C9H7ClF3NO2. The summed E-state index contributed by atoms with van der Waals surface area (Å²) in [6.07, 6.45) is -3.56. The van der Waals surface area contributed by atoms with E-state index in [0.717, 1.165) is 6.07 Å². The van der Waals surface area contributed by atoms with Gasteiger partial charge in [-0.05, 0) is 11.6 Å². The maximum atomic E-state index is 13.1. The molecular weight excluding hydrogens is 247 g/mol. The molecule has 0 fully saturated rings. The fourth-order valence-corrected chi connectivity index (χ4v) is 1.39. The van der Waals surface area contributed by atoms with Gasteiger partial charge in [0.15, 0.2) is 0 Å². The minimum Gasteiger partial charge on any atom is -0.481 e. The van der Waals surface area contributed by atoms with Crippen molar-refractivity contribution in [2.75, 3.05) is 0 Å². The number of carboxylic acid groups (broad SMARTS) is 1. The largest absolute Gasteiger partial charge is 0.481 e. The van der Waals surface area contributed by atoms with Crippen LogP contribution in [0.15, 0.2) is 6.07 Å². The highest BCUT2D eigenvalue weighted by atomic mass is 35.5. The van der Waals surface area contributed by atoms with Crippen molar-refractivity contribution in [2.45, 2.75) is 18.7 Å². The van der Waals surface area contributed by atoms with E-state index in [0.29, 0.717) is 0 Å². The molecule has 1 N–H and O–H groups in total. The van der Waals surface area contributed by atoms with Crippen molar-refractivity contribution in [1.82, 2.24) is 4.98 Å². The summed E-state index contributed by atoms with van der Waals surface area (Å²) in [6.45, 7) is 0. The molecule has 0 saturated carbocycles. The van der Waals surface area contributed by atoms with E-state index in [9.17, 15) is 18.0 Å². The van der Waals surface area contributed by atoms with Gasteiger partial charge in [0, 0.05) is 11.4 Å². The van der Waals surface area contributed by atoms with E-state index in [1.54, 1.807) is 0 Å². The Hall–Kier alpha value is -1.30. The molecule has 0 spiro atoms. The first-order valence-corrected chi connectivity index (χ1v) is 4.73. The Bertz CT molecular complexity index is 412. The second-order valence-corrected chi connectivity index (χ2v) is 3.25. The Labute approximate surface area is 93.9 Å². The van der Waals surface area contributed by atoms with Crippen molar-refractivity contribution in [3.05, 3.63) is 28.8 Å². The predicted molar refractivity (Wildman–Crippen MR) is 50.0 cm³/mol. The summed E-state index contributed by atoms with van der Waals surface area (Å²) >= 11 is 5.39. The molecule has 0 amide bonds. The third-order valence-electron chi connectivity index (χ3n) is 1.85. The number of halogens is 4. The van der Waals surface area contributed by atoms with Gasteiger partial charge in [-0.2, -0.15) is 4.39 Å². The predicted octanol–water partition coefficient (Wildman–Crippen LogP) is 2.52. The average Bonchev–Trinajstić information content (AvgIpc) is 2.19. The summed E-state index contributed by atoms with van der Waals surface area (Å²) in [5.74, 6) is -2.75. The highest BCUT2D eigenvalue weighted by Gasteiger charge is 2.19. The van der Waals surface area contributed by atoms with E-state index < -0.39 is 30.5 Å². The molecule has 1 aromatic heterocycles. The molecule has 0 saturated heterocycles. The molecule has 1 rings (SSSR count). The van der Waals surface area contributed by atoms with Crippen molar-refractivity contribution in [3.63, 3.8) is 0 Å². The van der Waals surface area contributed by atoms with E-state index in [2.05, 4.69) is 4.98 Å². The second kappa shape index (κ2) is 5.16. The standard InChI is InChI=1S/C9H7ClF3NO2/c10-3-5-1-4(2-6(15)16)9(13)14-7(5)8(11)12/h1,8H,2-3H2,(H,15,16). The van der Waals surface area contributed by atoms with Crippen LogP contribution in [0.5, 0.6) is 0 Å². The number of rotatable bonds is 4. The van der Waals surface area contributed by atoms with E-state index in [-0.39, 0.29) is 17.0 Å². The number of alkyl halides is 3. The molecule has 0 aliphatic heterocycles. The summed E-state index contributed by atoms with van der Waals surface area (Å²) in [4.78, 5) is 13.4. The lowest BCUT2D eigenvalue weighted by molar-refractivity contribution is -0.136. The first kappa shape index (κ1) is 12.8. The zero-order valence-electron chi connectivity index (χ0n) is 7.88. The van der Waals surface area contributed by atoms with Crippen LogP contribution in [0.2, 0.25) is 0 Å². The molecule has 0 aliphatic carbocycles. The van der Waals surface area contributed by atoms with Crippen LogP contribution in [0.4, 0.5) is 13.2 Å². The Morgan fingerprint density at radius 1 is 1.50 bits per heavy atom. The molecule has 88 valence electrons. The van der Waals surface area contributed by atoms with Gasteiger partial charge in [0.05, 0.1) is 6.42 Å². The van der Waals surface area contributed by atoms with Crippen molar-refractivity contribution >= 4 is 17.6 Å². The van der Waals surface area contributed by atoms with Gasteiger partial charge in [-0.15, -0.1) is 11.6 Å². The summed E-state index contributed by atoms with van der Waals surface area (Å²) in [6, 6.07) is 1.00. The number of hydrogen-bond acceptors (Lipinski definition) is 2. The van der Waals surface area contributed by atoms with E-state index in [1.807, 2.05) is 0 Å². The molecule has 3 nitrogen and oxygen atoms in total. The van der Waals surface area contributed by atoms with Crippen molar-refractivity contribution in [3.8, 4) is 0 Å². The Balaban J connectivity index is 3.20. The van der Waals surface area contributed by atoms with E-state index >= 15 is 0 Å². The van der Waals surface area contributed by atoms with Crippen molar-refractivity contribution in [1.29, 1.82) is 0 Å². The Kier molecular flexibility index (Phi) is 4.12. The van der Waals surface area contributed by atoms with E-state index in [4.69, 9.17) is 16.7 Å². The van der Waals surface area contributed by atoms with Crippen LogP contribution in [-0.4, -0.2) is 16.1 Å². The number of carboxylic acids is 1. The fourth-order valence-electron chi connectivity index (χ4n) is 1.18. The lowest BCUT2D eigenvalue weighted by Crippen LogP contribution is -2.08. The van der Waals surface area contributed by atoms with E-state index in [1.165, 1.54) is 0 Å². The van der Waals surface area contributed by atoms with Crippen molar-refractivity contribution in [2.24, 2.45) is 0 Å². The Morgan fingerprint density at radius 3 is 2.56 bits per heavy atom. The number of aromatic nitrogens is 1. The van der Waals surface area contributed by atoms with Gasteiger partial charge in [0.25, 0.3) is 6.43 Å². The third kappa shape index (κ3) is 2.85. The summed E-state index contributed by atoms with van der Waals surface area (Å²) < 4.78 is 37.9. The summed E-state index contributed by atoms with van der Waals surface area (Å²) in [5, 5.41) is 8.46. The van der Waals surface area contributed by atoms with Gasteiger partial charge in [-0.3, -0.25) is 4.79 Å². The third-order valence-corrected chi connectivity index (χ3v) is 2.14. The molecule has 0 unspecified atom stereocenters. The van der Waals surface area contributed by atoms with Gasteiger partial charge in [0.2, 0.25) is 5.95 Å². The molecule has 0 aliphatic rings. The van der Waals surface area contributed by atoms with Crippen LogP contribution in [-0.2, 0) is 17.1 Å². The molecule has 0 aromatic carbocycles. The minimum atomic E-state index is -2.94. The van der Waals surface area contributed by atoms with Crippen molar-refractivity contribution < 1.29 is 23.1 Å². The maximum absolute atomic E-state index is 13.1. The van der Waals surface area contributed by atoms with Crippen LogP contribution < -0.4 is 0 Å². The minimum absolute atomic E-state index is 0.0608. The first-order chi connectivity index (χ1) is 7.45. The van der Waals surface area contributed by atoms with Gasteiger partial charge < -0.3 is 5.11 Å². The van der Waals surface area contributed by atoms with Gasteiger partial charge >= 0.3 is 5.97 Å². The zero-order chi connectivity index (χ0) is 12.3. The number of hydrogen-bond donors (Lipinski definition) is 1. The van der Waals surface area contributed by atoms with Gasteiger partial charge in [0.1, 0.15) is 5.69 Å². The normalized spacial score (nSPS) is 10.8. The topological polar surface area (TPSA) is 50.2 Å². The average molecular weight is 254 g/mol. The van der Waals surface area contributed by atoms with Crippen LogP contribution in [0.25, 0.3) is 0 Å². The Morgan fingerprint density at radius 2 is 2.12 bits per heavy atom. The SMILES string of the molecule is O=C(O)Cc1cc(CCl)c(C(F)F)nc1F. The quantitative estimate of drug-likeness (QED) is 0.663. The highest BCUT2D eigenvalue weighted by molar-refractivity contribution is 6.17. The maximum Gasteiger partial charge on any atom is 0.307 e. The number of carbonyl (C=O) groups is 1. The zero-order valence-corrected chi connectivity index (χ0v) is 8.64.